The SMILES string of the molecule is c1ccc(-n2c3ccccc3c3ccc(N(c4ccc5sc6ccc7ccccc7c6c5c4)c4cccc5c4sc4ccccc45)cc32)cc1. The number of hydrogen-bond acceptors (Lipinski definition) is 3. The predicted molar refractivity (Wildman–Crippen MR) is 219 cm³/mol. The largest absolute Gasteiger partial charge is 0.309 e. The average molecular weight is 673 g/mol. The zero-order valence-corrected chi connectivity index (χ0v) is 28.5. The second kappa shape index (κ2) is 10.8. The standard InChI is InChI=1S/C46H28N2S2/c1-2-12-30(13-3-1)48-39-18-8-6-15-34(39)35-24-22-32(28-41(35)48)47(40-19-10-17-37-36-16-7-9-20-42(36)50-46(37)40)31-23-26-43-38(27-31)45-33-14-5-4-11-29(33)21-25-44(45)49-43/h1-28H. The molecule has 0 saturated heterocycles. The number of para-hydroxylation sites is 2. The first-order chi connectivity index (χ1) is 24.8. The molecule has 11 aromatic rings. The zero-order chi connectivity index (χ0) is 32.8. The fourth-order valence-electron chi connectivity index (χ4n) is 7.96. The third kappa shape index (κ3) is 4.07. The molecule has 0 N–H and O–H groups in total. The van der Waals surface area contributed by atoms with Crippen LogP contribution in [-0.4, -0.2) is 4.57 Å². The summed E-state index contributed by atoms with van der Waals surface area (Å²) in [6.07, 6.45) is 0. The normalized spacial score (nSPS) is 12.0. The lowest BCUT2D eigenvalue weighted by molar-refractivity contribution is 1.18. The van der Waals surface area contributed by atoms with Gasteiger partial charge in [0.15, 0.2) is 0 Å². The van der Waals surface area contributed by atoms with Crippen LogP contribution in [0.2, 0.25) is 0 Å². The number of rotatable bonds is 4. The van der Waals surface area contributed by atoms with Gasteiger partial charge in [-0.25, -0.2) is 0 Å². The Bertz CT molecular complexity index is 3110. The van der Waals surface area contributed by atoms with E-state index in [0.717, 1.165) is 17.1 Å². The molecule has 234 valence electrons. The van der Waals surface area contributed by atoms with E-state index in [1.165, 1.54) is 78.6 Å². The highest BCUT2D eigenvalue weighted by Gasteiger charge is 2.21. The summed E-state index contributed by atoms with van der Waals surface area (Å²) in [4.78, 5) is 2.48. The molecule has 0 radical (unpaired) electrons. The third-order valence-electron chi connectivity index (χ3n) is 10.2. The minimum Gasteiger partial charge on any atom is -0.309 e. The Morgan fingerprint density at radius 3 is 2.00 bits per heavy atom. The van der Waals surface area contributed by atoms with Crippen LogP contribution in [0.5, 0.6) is 0 Å². The maximum Gasteiger partial charge on any atom is 0.0640 e. The smallest absolute Gasteiger partial charge is 0.0640 e. The molecule has 11 rings (SSSR count). The molecule has 0 atom stereocenters. The van der Waals surface area contributed by atoms with Gasteiger partial charge in [-0.2, -0.15) is 0 Å². The molecule has 0 spiro atoms. The van der Waals surface area contributed by atoms with Crippen LogP contribution in [0.15, 0.2) is 170 Å². The average Bonchev–Trinajstić information content (AvgIpc) is 3.85. The lowest BCUT2D eigenvalue weighted by atomic mass is 10.0. The van der Waals surface area contributed by atoms with Crippen LogP contribution in [0, 0.1) is 0 Å². The first kappa shape index (κ1) is 28.0. The number of fused-ring (bicyclic) bond motifs is 11. The molecule has 0 aliphatic carbocycles. The highest BCUT2D eigenvalue weighted by molar-refractivity contribution is 7.26. The Balaban J connectivity index is 1.23. The summed E-state index contributed by atoms with van der Waals surface area (Å²) in [5.41, 5.74) is 7.03. The molecule has 0 bridgehead atoms. The van der Waals surface area contributed by atoms with Gasteiger partial charge in [-0.3, -0.25) is 0 Å². The van der Waals surface area contributed by atoms with Crippen molar-refractivity contribution < 1.29 is 0 Å². The van der Waals surface area contributed by atoms with Crippen LogP contribution in [0.4, 0.5) is 17.1 Å². The molecule has 50 heavy (non-hydrogen) atoms. The van der Waals surface area contributed by atoms with Crippen LogP contribution in [0.25, 0.3) is 78.6 Å². The summed E-state index contributed by atoms with van der Waals surface area (Å²) in [6.45, 7) is 0. The maximum atomic E-state index is 2.48. The highest BCUT2D eigenvalue weighted by Crippen LogP contribution is 2.48. The Morgan fingerprint density at radius 2 is 1.08 bits per heavy atom. The van der Waals surface area contributed by atoms with Gasteiger partial charge in [0.1, 0.15) is 0 Å². The van der Waals surface area contributed by atoms with Gasteiger partial charge in [0.2, 0.25) is 0 Å². The Kier molecular flexibility index (Phi) is 6.03. The van der Waals surface area contributed by atoms with Gasteiger partial charge in [0.05, 0.1) is 21.4 Å². The molecule has 0 fully saturated rings. The molecule has 0 aliphatic rings. The fourth-order valence-corrected chi connectivity index (χ4v) is 10.3. The Hall–Kier alpha value is -5.94. The van der Waals surface area contributed by atoms with Gasteiger partial charge in [-0.15, -0.1) is 22.7 Å². The van der Waals surface area contributed by atoms with Crippen molar-refractivity contribution in [3.05, 3.63) is 170 Å². The van der Waals surface area contributed by atoms with E-state index in [1.54, 1.807) is 0 Å². The van der Waals surface area contributed by atoms with E-state index in [4.69, 9.17) is 0 Å². The zero-order valence-electron chi connectivity index (χ0n) is 26.9. The van der Waals surface area contributed by atoms with E-state index >= 15 is 0 Å². The molecule has 0 amide bonds. The summed E-state index contributed by atoms with van der Waals surface area (Å²) in [7, 11) is 0. The second-order valence-electron chi connectivity index (χ2n) is 12.9. The van der Waals surface area contributed by atoms with Crippen LogP contribution in [0.1, 0.15) is 0 Å². The van der Waals surface area contributed by atoms with E-state index in [2.05, 4.69) is 179 Å². The maximum absolute atomic E-state index is 2.48. The van der Waals surface area contributed by atoms with Gasteiger partial charge in [0.25, 0.3) is 0 Å². The van der Waals surface area contributed by atoms with Crippen molar-refractivity contribution in [2.75, 3.05) is 4.90 Å². The molecular formula is C46H28N2S2. The molecule has 3 aromatic heterocycles. The van der Waals surface area contributed by atoms with E-state index in [1.807, 2.05) is 22.7 Å². The lowest BCUT2D eigenvalue weighted by Gasteiger charge is -2.26. The van der Waals surface area contributed by atoms with Crippen molar-refractivity contribution in [1.82, 2.24) is 4.57 Å². The number of anilines is 3. The molecule has 4 heteroatoms. The summed E-state index contributed by atoms with van der Waals surface area (Å²) in [5.74, 6) is 0. The summed E-state index contributed by atoms with van der Waals surface area (Å²) >= 11 is 3.76. The van der Waals surface area contributed by atoms with Crippen molar-refractivity contribution in [1.29, 1.82) is 0 Å². The molecule has 3 heterocycles. The van der Waals surface area contributed by atoms with Crippen molar-refractivity contribution in [3.8, 4) is 5.69 Å². The van der Waals surface area contributed by atoms with Gasteiger partial charge in [0, 0.05) is 63.5 Å². The summed E-state index contributed by atoms with van der Waals surface area (Å²) < 4.78 is 7.63. The lowest BCUT2D eigenvalue weighted by Crippen LogP contribution is -2.10. The van der Waals surface area contributed by atoms with Gasteiger partial charge in [-0.1, -0.05) is 103 Å². The van der Waals surface area contributed by atoms with E-state index < -0.39 is 0 Å². The van der Waals surface area contributed by atoms with Crippen LogP contribution >= 0.6 is 22.7 Å². The van der Waals surface area contributed by atoms with Gasteiger partial charge >= 0.3 is 0 Å². The number of hydrogen-bond donors (Lipinski definition) is 0. The van der Waals surface area contributed by atoms with Gasteiger partial charge in [-0.05, 0) is 77.5 Å². The van der Waals surface area contributed by atoms with Gasteiger partial charge < -0.3 is 9.47 Å². The monoisotopic (exact) mass is 672 g/mol. The molecular weight excluding hydrogens is 645 g/mol. The molecule has 2 nitrogen and oxygen atoms in total. The minimum atomic E-state index is 1.13. The van der Waals surface area contributed by atoms with E-state index in [9.17, 15) is 0 Å². The second-order valence-corrected chi connectivity index (χ2v) is 15.1. The molecule has 0 aliphatic heterocycles. The number of nitrogens with zero attached hydrogens (tertiary/aromatic N) is 2. The van der Waals surface area contributed by atoms with Crippen molar-refractivity contribution in [3.63, 3.8) is 0 Å². The van der Waals surface area contributed by atoms with E-state index in [0.29, 0.717) is 0 Å². The summed E-state index contributed by atoms with van der Waals surface area (Å²) in [6, 6.07) is 62.4. The van der Waals surface area contributed by atoms with Crippen molar-refractivity contribution in [2.24, 2.45) is 0 Å². The number of benzene rings is 8. The predicted octanol–water partition coefficient (Wildman–Crippen LogP) is 14.1. The Labute approximate surface area is 296 Å². The fraction of sp³-hybridized carbons (Fsp3) is 0. The number of aromatic nitrogens is 1. The first-order valence-electron chi connectivity index (χ1n) is 16.9. The van der Waals surface area contributed by atoms with Crippen molar-refractivity contribution in [2.45, 2.75) is 0 Å². The van der Waals surface area contributed by atoms with Crippen molar-refractivity contribution >= 4 is 113 Å². The van der Waals surface area contributed by atoms with Crippen LogP contribution in [0.3, 0.4) is 0 Å². The first-order valence-corrected chi connectivity index (χ1v) is 18.6. The topological polar surface area (TPSA) is 8.17 Å². The number of thiophene rings is 2. The molecule has 8 aromatic carbocycles. The Morgan fingerprint density at radius 1 is 0.400 bits per heavy atom. The quantitative estimate of drug-likeness (QED) is 0.181. The highest BCUT2D eigenvalue weighted by atomic mass is 32.1. The van der Waals surface area contributed by atoms with E-state index in [-0.39, 0.29) is 0 Å². The van der Waals surface area contributed by atoms with Crippen LogP contribution in [-0.2, 0) is 0 Å². The summed E-state index contributed by atoms with van der Waals surface area (Å²) in [5, 5.41) is 10.3. The molecule has 0 saturated carbocycles. The molecule has 0 unspecified atom stereocenters. The third-order valence-corrected chi connectivity index (χ3v) is 12.5. The minimum absolute atomic E-state index is 1.13. The van der Waals surface area contributed by atoms with Crippen LogP contribution < -0.4 is 4.90 Å².